The van der Waals surface area contributed by atoms with Crippen molar-refractivity contribution in [3.8, 4) is 5.88 Å². The van der Waals surface area contributed by atoms with E-state index in [-0.39, 0.29) is 24.5 Å². The van der Waals surface area contributed by atoms with Gasteiger partial charge in [-0.25, -0.2) is 4.98 Å². The summed E-state index contributed by atoms with van der Waals surface area (Å²) < 4.78 is 11.2. The molecular weight excluding hydrogens is 420 g/mol. The number of benzene rings is 1. The summed E-state index contributed by atoms with van der Waals surface area (Å²) in [5.41, 5.74) is 1.72. The first kappa shape index (κ1) is 21.3. The molecule has 5 rings (SSSR count). The lowest BCUT2D eigenvalue weighted by atomic mass is 9.95. The predicted octanol–water partition coefficient (Wildman–Crippen LogP) is 3.76. The average Bonchev–Trinajstić information content (AvgIpc) is 3.14. The molecule has 170 valence electrons. The molecule has 1 aromatic carbocycles. The Labute approximate surface area is 191 Å². The van der Waals surface area contributed by atoms with Crippen molar-refractivity contribution in [3.63, 3.8) is 0 Å². The molecule has 2 amide bonds. The SMILES string of the molecule is COc1ccc2ccc(N3C(=O)c4ccccc4C3OCC(=O)NC3CCCCC3)nc2n1. The molecule has 8 heteroatoms. The molecule has 1 saturated carbocycles. The molecular formula is C25H26N4O4. The molecule has 2 aromatic heterocycles. The van der Waals surface area contributed by atoms with Gasteiger partial charge in [-0.15, -0.1) is 0 Å². The van der Waals surface area contributed by atoms with Gasteiger partial charge in [0.25, 0.3) is 5.91 Å². The van der Waals surface area contributed by atoms with Crippen LogP contribution in [0.4, 0.5) is 5.82 Å². The minimum atomic E-state index is -0.749. The summed E-state index contributed by atoms with van der Waals surface area (Å²) >= 11 is 0. The number of carbonyl (C=O) groups excluding carboxylic acids is 2. The van der Waals surface area contributed by atoms with Crippen molar-refractivity contribution < 1.29 is 19.1 Å². The normalized spacial score (nSPS) is 18.4. The summed E-state index contributed by atoms with van der Waals surface area (Å²) in [5, 5.41) is 3.89. The average molecular weight is 447 g/mol. The fourth-order valence-electron chi connectivity index (χ4n) is 4.56. The molecule has 8 nitrogen and oxygen atoms in total. The molecule has 0 spiro atoms. The van der Waals surface area contributed by atoms with Gasteiger partial charge in [0.2, 0.25) is 11.8 Å². The van der Waals surface area contributed by atoms with Crippen molar-refractivity contribution in [3.05, 3.63) is 59.7 Å². The summed E-state index contributed by atoms with van der Waals surface area (Å²) in [6, 6.07) is 14.7. The first-order valence-corrected chi connectivity index (χ1v) is 11.3. The Balaban J connectivity index is 1.41. The fourth-order valence-corrected chi connectivity index (χ4v) is 4.56. The minimum Gasteiger partial charge on any atom is -0.481 e. The zero-order valence-corrected chi connectivity index (χ0v) is 18.5. The van der Waals surface area contributed by atoms with E-state index in [1.54, 1.807) is 25.3 Å². The summed E-state index contributed by atoms with van der Waals surface area (Å²) in [6.45, 7) is -0.140. The van der Waals surface area contributed by atoms with Crippen molar-refractivity contribution >= 4 is 28.7 Å². The number of carbonyl (C=O) groups is 2. The number of anilines is 1. The van der Waals surface area contributed by atoms with Crippen LogP contribution in [0.3, 0.4) is 0 Å². The number of ether oxygens (including phenoxy) is 2. The zero-order valence-electron chi connectivity index (χ0n) is 18.5. The maximum Gasteiger partial charge on any atom is 0.262 e. The molecule has 1 fully saturated rings. The second-order valence-electron chi connectivity index (χ2n) is 8.40. The topological polar surface area (TPSA) is 93.6 Å². The molecule has 0 radical (unpaired) electrons. The predicted molar refractivity (Wildman–Crippen MR) is 123 cm³/mol. The lowest BCUT2D eigenvalue weighted by Gasteiger charge is -2.26. The van der Waals surface area contributed by atoms with Crippen LogP contribution in [0.1, 0.15) is 54.3 Å². The third-order valence-corrected chi connectivity index (χ3v) is 6.22. The highest BCUT2D eigenvalue weighted by atomic mass is 16.5. The van der Waals surface area contributed by atoms with Crippen LogP contribution in [-0.2, 0) is 9.53 Å². The smallest absolute Gasteiger partial charge is 0.262 e. The van der Waals surface area contributed by atoms with E-state index in [4.69, 9.17) is 9.47 Å². The standard InChI is InChI=1S/C25H26N4O4/c1-32-22-14-12-16-11-13-20(27-23(16)28-22)29-24(31)18-9-5-6-10-19(18)25(29)33-15-21(30)26-17-7-3-2-4-8-17/h5-6,9-14,17,25H,2-4,7-8,15H2,1H3,(H,26,30). The van der Waals surface area contributed by atoms with Crippen molar-refractivity contribution in [2.75, 3.05) is 18.6 Å². The van der Waals surface area contributed by atoms with E-state index in [1.165, 1.54) is 11.3 Å². The van der Waals surface area contributed by atoms with E-state index in [1.807, 2.05) is 30.3 Å². The summed E-state index contributed by atoms with van der Waals surface area (Å²) in [7, 11) is 1.54. The van der Waals surface area contributed by atoms with Crippen LogP contribution in [0.25, 0.3) is 11.0 Å². The number of nitrogens with zero attached hydrogens (tertiary/aromatic N) is 3. The van der Waals surface area contributed by atoms with Crippen molar-refractivity contribution in [1.82, 2.24) is 15.3 Å². The van der Waals surface area contributed by atoms with E-state index in [0.717, 1.165) is 31.1 Å². The number of aromatic nitrogens is 2. The van der Waals surface area contributed by atoms with Crippen LogP contribution < -0.4 is 15.0 Å². The molecule has 1 aliphatic heterocycles. The molecule has 1 unspecified atom stereocenters. The van der Waals surface area contributed by atoms with Gasteiger partial charge in [0, 0.05) is 28.6 Å². The quantitative estimate of drug-likeness (QED) is 0.620. The number of pyridine rings is 2. The Bertz CT molecular complexity index is 1190. The Hall–Kier alpha value is -3.52. The number of hydrogen-bond acceptors (Lipinski definition) is 6. The minimum absolute atomic E-state index is 0.140. The van der Waals surface area contributed by atoms with Gasteiger partial charge < -0.3 is 14.8 Å². The second-order valence-corrected chi connectivity index (χ2v) is 8.40. The molecule has 3 aromatic rings. The Morgan fingerprint density at radius 3 is 2.67 bits per heavy atom. The number of rotatable bonds is 6. The fraction of sp³-hybridized carbons (Fsp3) is 0.360. The Morgan fingerprint density at radius 1 is 1.06 bits per heavy atom. The molecule has 0 bridgehead atoms. The van der Waals surface area contributed by atoms with Crippen molar-refractivity contribution in [2.24, 2.45) is 0 Å². The van der Waals surface area contributed by atoms with E-state index >= 15 is 0 Å². The number of hydrogen-bond donors (Lipinski definition) is 1. The lowest BCUT2D eigenvalue weighted by molar-refractivity contribution is -0.128. The van der Waals surface area contributed by atoms with E-state index < -0.39 is 6.23 Å². The van der Waals surface area contributed by atoms with Crippen molar-refractivity contribution in [1.29, 1.82) is 0 Å². The third kappa shape index (κ3) is 4.26. The maximum absolute atomic E-state index is 13.3. The monoisotopic (exact) mass is 446 g/mol. The third-order valence-electron chi connectivity index (χ3n) is 6.22. The van der Waals surface area contributed by atoms with Crippen LogP contribution in [0.2, 0.25) is 0 Å². The van der Waals surface area contributed by atoms with Crippen molar-refractivity contribution in [2.45, 2.75) is 44.4 Å². The lowest BCUT2D eigenvalue weighted by Crippen LogP contribution is -2.39. The first-order valence-electron chi connectivity index (χ1n) is 11.3. The number of methoxy groups -OCH3 is 1. The maximum atomic E-state index is 13.3. The highest BCUT2D eigenvalue weighted by molar-refractivity contribution is 6.10. The van der Waals surface area contributed by atoms with Gasteiger partial charge in [0.05, 0.1) is 7.11 Å². The second kappa shape index (κ2) is 9.15. The van der Waals surface area contributed by atoms with Gasteiger partial charge >= 0.3 is 0 Å². The first-order chi connectivity index (χ1) is 16.1. The molecule has 33 heavy (non-hydrogen) atoms. The Kier molecular flexibility index (Phi) is 5.92. The molecule has 1 N–H and O–H groups in total. The molecule has 1 aliphatic carbocycles. The van der Waals surface area contributed by atoms with Crippen LogP contribution >= 0.6 is 0 Å². The van der Waals surface area contributed by atoms with Crippen LogP contribution in [0.5, 0.6) is 5.88 Å². The van der Waals surface area contributed by atoms with Crippen LogP contribution in [-0.4, -0.2) is 41.5 Å². The molecule has 1 atom stereocenters. The van der Waals surface area contributed by atoms with Gasteiger partial charge in [-0.05, 0) is 37.1 Å². The Morgan fingerprint density at radius 2 is 1.85 bits per heavy atom. The van der Waals surface area contributed by atoms with E-state index in [0.29, 0.717) is 28.5 Å². The zero-order chi connectivity index (χ0) is 22.8. The molecule has 2 aliphatic rings. The van der Waals surface area contributed by atoms with Crippen LogP contribution in [0.15, 0.2) is 48.5 Å². The summed E-state index contributed by atoms with van der Waals surface area (Å²) in [5.74, 6) is 0.451. The number of nitrogens with one attached hydrogen (secondary N) is 1. The molecule has 0 saturated heterocycles. The van der Waals surface area contributed by atoms with Gasteiger partial charge in [0.15, 0.2) is 11.9 Å². The van der Waals surface area contributed by atoms with Gasteiger partial charge in [-0.3, -0.25) is 14.5 Å². The van der Waals surface area contributed by atoms with Gasteiger partial charge in [0.1, 0.15) is 12.4 Å². The van der Waals surface area contributed by atoms with Gasteiger partial charge in [-0.2, -0.15) is 4.98 Å². The van der Waals surface area contributed by atoms with E-state index in [2.05, 4.69) is 15.3 Å². The highest BCUT2D eigenvalue weighted by Crippen LogP contribution is 2.38. The van der Waals surface area contributed by atoms with Crippen LogP contribution in [0, 0.1) is 0 Å². The van der Waals surface area contributed by atoms with E-state index in [9.17, 15) is 9.59 Å². The summed E-state index contributed by atoms with van der Waals surface area (Å²) in [4.78, 5) is 36.3. The molecule has 3 heterocycles. The highest BCUT2D eigenvalue weighted by Gasteiger charge is 2.39. The number of amides is 2. The number of fused-ring (bicyclic) bond motifs is 2. The largest absolute Gasteiger partial charge is 0.481 e. The summed E-state index contributed by atoms with van der Waals surface area (Å²) in [6.07, 6.45) is 4.74. The van der Waals surface area contributed by atoms with Gasteiger partial charge in [-0.1, -0.05) is 37.5 Å².